The van der Waals surface area contributed by atoms with E-state index in [0.717, 1.165) is 11.1 Å². The lowest BCUT2D eigenvalue weighted by Gasteiger charge is -2.23. The van der Waals surface area contributed by atoms with E-state index in [-0.39, 0.29) is 37.4 Å². The minimum absolute atomic E-state index is 0.00544. The molecule has 2 amide bonds. The molecule has 7 heteroatoms. The molecular formula is C26H30N2O5. The third-order valence-corrected chi connectivity index (χ3v) is 5.84. The molecule has 1 aliphatic rings. The molecule has 0 saturated carbocycles. The monoisotopic (exact) mass is 450 g/mol. The first-order chi connectivity index (χ1) is 15.9. The molecule has 0 aliphatic heterocycles. The summed E-state index contributed by atoms with van der Waals surface area (Å²) in [5.74, 6) is -1.65. The van der Waals surface area contributed by atoms with Crippen molar-refractivity contribution in [3.8, 4) is 11.1 Å². The van der Waals surface area contributed by atoms with Crippen molar-refractivity contribution in [2.24, 2.45) is 5.92 Å². The number of nitrogens with zero attached hydrogens (tertiary/aromatic N) is 1. The molecular weight excluding hydrogens is 420 g/mol. The predicted octanol–water partition coefficient (Wildman–Crippen LogP) is 4.04. The van der Waals surface area contributed by atoms with Gasteiger partial charge in [0.05, 0.1) is 0 Å². The lowest BCUT2D eigenvalue weighted by Crippen LogP contribution is -2.39. The summed E-state index contributed by atoms with van der Waals surface area (Å²) >= 11 is 0. The van der Waals surface area contributed by atoms with Crippen molar-refractivity contribution in [3.05, 3.63) is 72.3 Å². The summed E-state index contributed by atoms with van der Waals surface area (Å²) in [4.78, 5) is 36.9. The van der Waals surface area contributed by atoms with Crippen LogP contribution in [0.15, 0.2) is 61.2 Å². The zero-order valence-corrected chi connectivity index (χ0v) is 18.8. The van der Waals surface area contributed by atoms with Crippen molar-refractivity contribution in [2.75, 3.05) is 26.2 Å². The van der Waals surface area contributed by atoms with Gasteiger partial charge in [0, 0.05) is 24.9 Å². The van der Waals surface area contributed by atoms with E-state index in [1.54, 1.807) is 6.92 Å². The number of carboxylic acids is 1. The minimum Gasteiger partial charge on any atom is -0.480 e. The molecule has 2 aromatic rings. The highest BCUT2D eigenvalue weighted by Gasteiger charge is 2.29. The Bertz CT molecular complexity index is 974. The molecule has 0 fully saturated rings. The molecule has 33 heavy (non-hydrogen) atoms. The van der Waals surface area contributed by atoms with Gasteiger partial charge >= 0.3 is 12.1 Å². The van der Waals surface area contributed by atoms with Crippen LogP contribution in [0.5, 0.6) is 0 Å². The van der Waals surface area contributed by atoms with Gasteiger partial charge in [-0.05, 0) is 35.1 Å². The summed E-state index contributed by atoms with van der Waals surface area (Å²) in [7, 11) is 0. The zero-order chi connectivity index (χ0) is 23.8. The fourth-order valence-corrected chi connectivity index (χ4v) is 4.23. The van der Waals surface area contributed by atoms with Crippen molar-refractivity contribution >= 4 is 18.0 Å². The molecule has 0 heterocycles. The van der Waals surface area contributed by atoms with E-state index in [0.29, 0.717) is 19.4 Å². The van der Waals surface area contributed by atoms with E-state index in [4.69, 9.17) is 9.84 Å². The highest BCUT2D eigenvalue weighted by molar-refractivity contribution is 5.83. The number of ether oxygens (including phenoxy) is 1. The Hall–Kier alpha value is -3.61. The third kappa shape index (κ3) is 6.00. The Labute approximate surface area is 194 Å². The summed E-state index contributed by atoms with van der Waals surface area (Å²) in [6.45, 7) is 5.78. The highest BCUT2D eigenvalue weighted by atomic mass is 16.5. The van der Waals surface area contributed by atoms with Gasteiger partial charge in [-0.25, -0.2) is 4.79 Å². The SMILES string of the molecule is C=CCN(CC(=O)O)C(=O)C(C)CCCNC(=O)OCC1c2ccccc2-c2ccccc21. The van der Waals surface area contributed by atoms with Crippen molar-refractivity contribution in [1.29, 1.82) is 0 Å². The predicted molar refractivity (Wildman–Crippen MR) is 126 cm³/mol. The first kappa shape index (κ1) is 24.0. The molecule has 174 valence electrons. The van der Waals surface area contributed by atoms with Crippen LogP contribution in [0.3, 0.4) is 0 Å². The van der Waals surface area contributed by atoms with E-state index in [1.807, 2.05) is 24.3 Å². The maximum atomic E-state index is 12.5. The molecule has 0 radical (unpaired) electrons. The molecule has 0 saturated heterocycles. The number of hydrogen-bond donors (Lipinski definition) is 2. The van der Waals surface area contributed by atoms with E-state index in [9.17, 15) is 14.4 Å². The van der Waals surface area contributed by atoms with E-state index >= 15 is 0 Å². The average Bonchev–Trinajstić information content (AvgIpc) is 3.13. The van der Waals surface area contributed by atoms with Crippen LogP contribution in [0.25, 0.3) is 11.1 Å². The van der Waals surface area contributed by atoms with Gasteiger partial charge in [0.25, 0.3) is 0 Å². The Morgan fingerprint density at radius 3 is 2.30 bits per heavy atom. The highest BCUT2D eigenvalue weighted by Crippen LogP contribution is 2.44. The molecule has 3 rings (SSSR count). The number of aliphatic carboxylic acids is 1. The second-order valence-electron chi connectivity index (χ2n) is 8.20. The van der Waals surface area contributed by atoms with Gasteiger partial charge in [0.15, 0.2) is 0 Å². The maximum Gasteiger partial charge on any atom is 0.407 e. The number of amides is 2. The van der Waals surface area contributed by atoms with Crippen molar-refractivity contribution in [2.45, 2.75) is 25.7 Å². The fourth-order valence-electron chi connectivity index (χ4n) is 4.23. The number of hydrogen-bond acceptors (Lipinski definition) is 4. The number of benzene rings is 2. The average molecular weight is 451 g/mol. The van der Waals surface area contributed by atoms with Gasteiger partial charge in [-0.3, -0.25) is 9.59 Å². The second kappa shape index (κ2) is 11.3. The lowest BCUT2D eigenvalue weighted by molar-refractivity contribution is -0.145. The van der Waals surface area contributed by atoms with Crippen LogP contribution in [0.1, 0.15) is 36.8 Å². The van der Waals surface area contributed by atoms with Crippen molar-refractivity contribution < 1.29 is 24.2 Å². The van der Waals surface area contributed by atoms with E-state index < -0.39 is 12.1 Å². The number of carbonyl (C=O) groups excluding carboxylic acids is 2. The Balaban J connectivity index is 1.44. The Morgan fingerprint density at radius 2 is 1.73 bits per heavy atom. The molecule has 1 aliphatic carbocycles. The summed E-state index contributed by atoms with van der Waals surface area (Å²) in [5, 5.41) is 11.7. The molecule has 2 aromatic carbocycles. The number of fused-ring (bicyclic) bond motifs is 3. The van der Waals surface area contributed by atoms with Gasteiger partial charge < -0.3 is 20.1 Å². The fraction of sp³-hybridized carbons (Fsp3) is 0.346. The van der Waals surface area contributed by atoms with E-state index in [1.165, 1.54) is 22.1 Å². The Morgan fingerprint density at radius 1 is 1.12 bits per heavy atom. The topological polar surface area (TPSA) is 95.9 Å². The molecule has 2 N–H and O–H groups in total. The van der Waals surface area contributed by atoms with Crippen LogP contribution in [0.2, 0.25) is 0 Å². The maximum absolute atomic E-state index is 12.5. The zero-order valence-electron chi connectivity index (χ0n) is 18.8. The van der Waals surface area contributed by atoms with Crippen LogP contribution in [0, 0.1) is 5.92 Å². The largest absolute Gasteiger partial charge is 0.480 e. The van der Waals surface area contributed by atoms with Gasteiger partial charge in [-0.2, -0.15) is 0 Å². The summed E-state index contributed by atoms with van der Waals surface area (Å²) in [6.07, 6.45) is 2.11. The normalized spacial score (nSPS) is 12.9. The molecule has 0 bridgehead atoms. The standard InChI is InChI=1S/C26H30N2O5/c1-3-15-28(16-24(29)30)25(31)18(2)9-8-14-27-26(32)33-17-23-21-12-6-4-10-19(21)20-11-5-7-13-22(20)23/h3-7,10-13,18,23H,1,8-9,14-17H2,2H3,(H,27,32)(H,29,30). The third-order valence-electron chi connectivity index (χ3n) is 5.84. The van der Waals surface area contributed by atoms with Gasteiger partial charge in [0.2, 0.25) is 5.91 Å². The number of rotatable bonds is 11. The van der Waals surface area contributed by atoms with Gasteiger partial charge in [-0.15, -0.1) is 6.58 Å². The van der Waals surface area contributed by atoms with Crippen molar-refractivity contribution in [3.63, 3.8) is 0 Å². The van der Waals surface area contributed by atoms with Crippen molar-refractivity contribution in [1.82, 2.24) is 10.2 Å². The van der Waals surface area contributed by atoms with E-state index in [2.05, 4.69) is 36.2 Å². The number of carbonyl (C=O) groups is 3. The molecule has 1 atom stereocenters. The lowest BCUT2D eigenvalue weighted by atomic mass is 9.98. The molecule has 0 spiro atoms. The minimum atomic E-state index is -1.06. The Kier molecular flexibility index (Phi) is 8.24. The smallest absolute Gasteiger partial charge is 0.407 e. The van der Waals surface area contributed by atoms with Gasteiger partial charge in [-0.1, -0.05) is 61.5 Å². The molecule has 1 unspecified atom stereocenters. The molecule has 0 aromatic heterocycles. The first-order valence-electron chi connectivity index (χ1n) is 11.1. The number of carboxylic acid groups (broad SMARTS) is 1. The summed E-state index contributed by atoms with van der Waals surface area (Å²) in [5.41, 5.74) is 4.66. The number of alkyl carbamates (subject to hydrolysis) is 1. The quantitative estimate of drug-likeness (QED) is 0.398. The second-order valence-corrected chi connectivity index (χ2v) is 8.20. The van der Waals surface area contributed by atoms with Crippen LogP contribution in [-0.2, 0) is 14.3 Å². The van der Waals surface area contributed by atoms with Crippen LogP contribution >= 0.6 is 0 Å². The van der Waals surface area contributed by atoms with Gasteiger partial charge in [0.1, 0.15) is 13.2 Å². The molecule has 7 nitrogen and oxygen atoms in total. The summed E-state index contributed by atoms with van der Waals surface area (Å²) in [6, 6.07) is 16.3. The van der Waals surface area contributed by atoms with Crippen LogP contribution in [-0.4, -0.2) is 54.2 Å². The number of nitrogens with one attached hydrogen (secondary N) is 1. The van der Waals surface area contributed by atoms with Crippen LogP contribution in [0.4, 0.5) is 4.79 Å². The first-order valence-corrected chi connectivity index (χ1v) is 11.1. The van der Waals surface area contributed by atoms with Crippen LogP contribution < -0.4 is 5.32 Å². The summed E-state index contributed by atoms with van der Waals surface area (Å²) < 4.78 is 5.51.